The Balaban J connectivity index is 2.02. The lowest BCUT2D eigenvalue weighted by Crippen LogP contribution is -2.16. The highest BCUT2D eigenvalue weighted by Gasteiger charge is 2.00. The fourth-order valence-electron chi connectivity index (χ4n) is 1.25. The second kappa shape index (κ2) is 7.76. The maximum atomic E-state index is 11.0. The van der Waals surface area contributed by atoms with Gasteiger partial charge in [-0.05, 0) is 31.5 Å². The molecule has 0 aromatic carbocycles. The van der Waals surface area contributed by atoms with E-state index in [1.165, 1.54) is 0 Å². The first-order chi connectivity index (χ1) is 7.83. The molecule has 0 radical (unpaired) electrons. The first kappa shape index (κ1) is 12.6. The van der Waals surface area contributed by atoms with Crippen LogP contribution in [0, 0.1) is 0 Å². The minimum Gasteiger partial charge on any atom is -0.466 e. The molecule has 1 N–H and O–H groups in total. The Morgan fingerprint density at radius 3 is 3.06 bits per heavy atom. The molecule has 0 aliphatic carbocycles. The number of carbonyl (C=O) groups excluding carboxylic acids is 1. The van der Waals surface area contributed by atoms with Crippen molar-refractivity contribution in [1.82, 2.24) is 15.5 Å². The van der Waals surface area contributed by atoms with E-state index in [9.17, 15) is 4.79 Å². The van der Waals surface area contributed by atoms with Crippen LogP contribution in [0.5, 0.6) is 0 Å². The Morgan fingerprint density at radius 1 is 1.50 bits per heavy atom. The molecule has 0 aliphatic heterocycles. The van der Waals surface area contributed by atoms with E-state index in [1.54, 1.807) is 12.4 Å². The molecule has 5 heteroatoms. The number of rotatable bonds is 7. The Labute approximate surface area is 95.2 Å². The molecular weight excluding hydrogens is 206 g/mol. The third-order valence-electron chi connectivity index (χ3n) is 2.01. The monoisotopic (exact) mass is 223 g/mol. The number of ether oxygens (including phenoxy) is 1. The first-order valence-electron chi connectivity index (χ1n) is 5.45. The zero-order valence-electron chi connectivity index (χ0n) is 9.48. The second-order valence-corrected chi connectivity index (χ2v) is 3.34. The van der Waals surface area contributed by atoms with Crippen molar-refractivity contribution < 1.29 is 9.53 Å². The summed E-state index contributed by atoms with van der Waals surface area (Å²) < 4.78 is 4.82. The second-order valence-electron chi connectivity index (χ2n) is 3.34. The number of esters is 1. The lowest BCUT2D eigenvalue weighted by Gasteiger charge is -2.04. The predicted molar refractivity (Wildman–Crippen MR) is 59.6 cm³/mol. The summed E-state index contributed by atoms with van der Waals surface area (Å²) in [7, 11) is 0. The molecule has 0 bridgehead atoms. The van der Waals surface area contributed by atoms with Gasteiger partial charge in [-0.3, -0.25) is 4.79 Å². The third-order valence-corrected chi connectivity index (χ3v) is 2.01. The van der Waals surface area contributed by atoms with Gasteiger partial charge in [-0.25, -0.2) is 0 Å². The number of nitrogens with zero attached hydrogens (tertiary/aromatic N) is 2. The van der Waals surface area contributed by atoms with Crippen molar-refractivity contribution in [2.45, 2.75) is 26.3 Å². The van der Waals surface area contributed by atoms with Crippen LogP contribution >= 0.6 is 0 Å². The normalized spacial score (nSPS) is 10.1. The van der Waals surface area contributed by atoms with Crippen LogP contribution in [0.2, 0.25) is 0 Å². The lowest BCUT2D eigenvalue weighted by atomic mass is 10.3. The van der Waals surface area contributed by atoms with Crippen LogP contribution < -0.4 is 5.32 Å². The summed E-state index contributed by atoms with van der Waals surface area (Å²) in [6.45, 7) is 3.81. The Morgan fingerprint density at radius 2 is 2.38 bits per heavy atom. The number of aromatic nitrogens is 2. The molecular formula is C11H17N3O2. The van der Waals surface area contributed by atoms with Crippen molar-refractivity contribution in [3.8, 4) is 0 Å². The minimum absolute atomic E-state index is 0.130. The molecule has 1 rings (SSSR count). The Bertz CT molecular complexity index is 303. The molecule has 0 fully saturated rings. The molecule has 0 amide bonds. The Hall–Kier alpha value is -1.49. The van der Waals surface area contributed by atoms with Crippen molar-refractivity contribution >= 4 is 5.97 Å². The van der Waals surface area contributed by atoms with Crippen LogP contribution in [-0.4, -0.2) is 29.3 Å². The highest BCUT2D eigenvalue weighted by molar-refractivity contribution is 5.69. The quantitative estimate of drug-likeness (QED) is 0.550. The van der Waals surface area contributed by atoms with E-state index in [0.717, 1.165) is 25.1 Å². The molecule has 0 saturated heterocycles. The molecule has 1 aromatic rings. The average Bonchev–Trinajstić information content (AvgIpc) is 2.30. The molecule has 5 nitrogen and oxygen atoms in total. The predicted octanol–water partition coefficient (Wildman–Crippen LogP) is 0.909. The van der Waals surface area contributed by atoms with Crippen LogP contribution in [0.3, 0.4) is 0 Å². The van der Waals surface area contributed by atoms with Crippen molar-refractivity contribution in [2.75, 3.05) is 13.2 Å². The fourth-order valence-corrected chi connectivity index (χ4v) is 1.25. The van der Waals surface area contributed by atoms with E-state index >= 15 is 0 Å². The van der Waals surface area contributed by atoms with Crippen LogP contribution in [-0.2, 0) is 16.1 Å². The topological polar surface area (TPSA) is 64.1 Å². The standard InChI is InChI=1S/C11H17N3O2/c1-2-16-11(15)4-3-6-12-8-10-5-7-13-14-9-10/h5,7,9,12H,2-4,6,8H2,1H3. The van der Waals surface area contributed by atoms with Crippen molar-refractivity contribution in [2.24, 2.45) is 0 Å². The molecule has 0 atom stereocenters. The molecule has 1 heterocycles. The molecule has 88 valence electrons. The molecule has 0 unspecified atom stereocenters. The van der Waals surface area contributed by atoms with E-state index in [1.807, 2.05) is 13.0 Å². The van der Waals surface area contributed by atoms with E-state index in [4.69, 9.17) is 4.74 Å². The van der Waals surface area contributed by atoms with E-state index in [0.29, 0.717) is 13.0 Å². The van der Waals surface area contributed by atoms with Crippen molar-refractivity contribution in [3.63, 3.8) is 0 Å². The van der Waals surface area contributed by atoms with Gasteiger partial charge < -0.3 is 10.1 Å². The zero-order valence-corrected chi connectivity index (χ0v) is 9.48. The average molecular weight is 223 g/mol. The van der Waals surface area contributed by atoms with E-state index < -0.39 is 0 Å². The van der Waals surface area contributed by atoms with Gasteiger partial charge in [0.25, 0.3) is 0 Å². The summed E-state index contributed by atoms with van der Waals surface area (Å²) in [5.41, 5.74) is 1.09. The third kappa shape index (κ3) is 5.41. The van der Waals surface area contributed by atoms with Gasteiger partial charge in [0.15, 0.2) is 0 Å². The van der Waals surface area contributed by atoms with E-state index in [2.05, 4.69) is 15.5 Å². The summed E-state index contributed by atoms with van der Waals surface area (Å²) in [6, 6.07) is 1.91. The zero-order chi connectivity index (χ0) is 11.6. The molecule has 1 aromatic heterocycles. The first-order valence-corrected chi connectivity index (χ1v) is 5.45. The van der Waals surface area contributed by atoms with Crippen LogP contribution in [0.4, 0.5) is 0 Å². The number of carbonyl (C=O) groups is 1. The van der Waals surface area contributed by atoms with Crippen molar-refractivity contribution in [1.29, 1.82) is 0 Å². The SMILES string of the molecule is CCOC(=O)CCCNCc1ccnnc1. The highest BCUT2D eigenvalue weighted by atomic mass is 16.5. The number of nitrogens with one attached hydrogen (secondary N) is 1. The Kier molecular flexibility index (Phi) is 6.10. The molecule has 0 saturated carbocycles. The minimum atomic E-state index is -0.130. The number of hydrogen-bond donors (Lipinski definition) is 1. The van der Waals surface area contributed by atoms with Gasteiger partial charge in [0, 0.05) is 19.2 Å². The molecule has 0 spiro atoms. The van der Waals surface area contributed by atoms with Crippen LogP contribution in [0.1, 0.15) is 25.3 Å². The van der Waals surface area contributed by atoms with E-state index in [-0.39, 0.29) is 5.97 Å². The van der Waals surface area contributed by atoms with Gasteiger partial charge >= 0.3 is 5.97 Å². The molecule has 16 heavy (non-hydrogen) atoms. The smallest absolute Gasteiger partial charge is 0.305 e. The fraction of sp³-hybridized carbons (Fsp3) is 0.545. The van der Waals surface area contributed by atoms with Crippen LogP contribution in [0.15, 0.2) is 18.5 Å². The summed E-state index contributed by atoms with van der Waals surface area (Å²) in [5.74, 6) is -0.130. The van der Waals surface area contributed by atoms with Gasteiger partial charge in [0.05, 0.1) is 12.8 Å². The summed E-state index contributed by atoms with van der Waals surface area (Å²) in [6.07, 6.45) is 4.64. The van der Waals surface area contributed by atoms with Gasteiger partial charge in [0.2, 0.25) is 0 Å². The van der Waals surface area contributed by atoms with Crippen molar-refractivity contribution in [3.05, 3.63) is 24.0 Å². The summed E-state index contributed by atoms with van der Waals surface area (Å²) >= 11 is 0. The van der Waals surface area contributed by atoms with Crippen LogP contribution in [0.25, 0.3) is 0 Å². The highest BCUT2D eigenvalue weighted by Crippen LogP contribution is 1.94. The lowest BCUT2D eigenvalue weighted by molar-refractivity contribution is -0.143. The summed E-state index contributed by atoms with van der Waals surface area (Å²) in [4.78, 5) is 11.0. The largest absolute Gasteiger partial charge is 0.466 e. The van der Waals surface area contributed by atoms with Gasteiger partial charge in [0.1, 0.15) is 0 Å². The maximum Gasteiger partial charge on any atom is 0.305 e. The molecule has 0 aliphatic rings. The maximum absolute atomic E-state index is 11.0. The summed E-state index contributed by atoms with van der Waals surface area (Å²) in [5, 5.41) is 10.7. The van der Waals surface area contributed by atoms with Gasteiger partial charge in [-0.15, -0.1) is 0 Å². The van der Waals surface area contributed by atoms with Gasteiger partial charge in [-0.1, -0.05) is 0 Å². The van der Waals surface area contributed by atoms with Gasteiger partial charge in [-0.2, -0.15) is 10.2 Å². The number of hydrogen-bond acceptors (Lipinski definition) is 5.